The summed E-state index contributed by atoms with van der Waals surface area (Å²) in [5.74, 6) is 1.90. The Bertz CT molecular complexity index is 510. The average molecular weight is 289 g/mol. The maximum atomic E-state index is 12.2. The highest BCUT2D eigenvalue weighted by Crippen LogP contribution is 2.36. The minimum absolute atomic E-state index is 0.330. The summed E-state index contributed by atoms with van der Waals surface area (Å²) in [5, 5.41) is 0. The molecule has 0 bridgehead atoms. The highest BCUT2D eigenvalue weighted by atomic mass is 16.5. The molecule has 5 heteroatoms. The highest BCUT2D eigenvalue weighted by molar-refractivity contribution is 5.95. The van der Waals surface area contributed by atoms with Crippen LogP contribution in [-0.4, -0.2) is 30.6 Å². The largest absolute Gasteiger partial charge is 0.462 e. The van der Waals surface area contributed by atoms with E-state index in [0.717, 1.165) is 30.7 Å². The maximum Gasteiger partial charge on any atom is 0.341 e. The van der Waals surface area contributed by atoms with E-state index in [0.29, 0.717) is 17.9 Å². The summed E-state index contributed by atoms with van der Waals surface area (Å²) in [7, 11) is 0. The van der Waals surface area contributed by atoms with Crippen LogP contribution in [-0.2, 0) is 4.74 Å². The van der Waals surface area contributed by atoms with Gasteiger partial charge in [-0.15, -0.1) is 0 Å². The molecule has 2 fully saturated rings. The Balaban J connectivity index is 1.86. The van der Waals surface area contributed by atoms with Crippen molar-refractivity contribution in [3.05, 3.63) is 17.8 Å². The van der Waals surface area contributed by atoms with Crippen LogP contribution in [0.25, 0.3) is 0 Å². The van der Waals surface area contributed by atoms with Crippen LogP contribution < -0.4 is 10.6 Å². The molecule has 21 heavy (non-hydrogen) atoms. The molecular weight excluding hydrogens is 266 g/mol. The number of aromatic nitrogens is 1. The molecule has 0 unspecified atom stereocenters. The van der Waals surface area contributed by atoms with Gasteiger partial charge >= 0.3 is 5.97 Å². The van der Waals surface area contributed by atoms with E-state index in [4.69, 9.17) is 10.5 Å². The molecule has 0 radical (unpaired) electrons. The summed E-state index contributed by atoms with van der Waals surface area (Å²) in [5.41, 5.74) is 6.80. The number of esters is 1. The van der Waals surface area contributed by atoms with Gasteiger partial charge in [0.1, 0.15) is 11.4 Å². The normalized spacial score (nSPS) is 17.6. The molecule has 0 saturated heterocycles. The van der Waals surface area contributed by atoms with Crippen molar-refractivity contribution in [3.63, 3.8) is 0 Å². The molecule has 0 spiro atoms. The predicted molar refractivity (Wildman–Crippen MR) is 82.3 cm³/mol. The summed E-state index contributed by atoms with van der Waals surface area (Å²) in [4.78, 5) is 18.9. The lowest BCUT2D eigenvalue weighted by Gasteiger charge is -2.25. The van der Waals surface area contributed by atoms with Gasteiger partial charge in [0, 0.05) is 13.1 Å². The van der Waals surface area contributed by atoms with Crippen molar-refractivity contribution < 1.29 is 9.53 Å². The third-order valence-corrected chi connectivity index (χ3v) is 4.03. The second-order valence-electron chi connectivity index (χ2n) is 6.15. The molecule has 2 saturated carbocycles. The lowest BCUT2D eigenvalue weighted by Crippen LogP contribution is -2.31. The van der Waals surface area contributed by atoms with E-state index in [-0.39, 0.29) is 5.97 Å². The van der Waals surface area contributed by atoms with Crippen LogP contribution in [0.1, 0.15) is 43.0 Å². The summed E-state index contributed by atoms with van der Waals surface area (Å²) in [6.45, 7) is 4.14. The number of rotatable bonds is 7. The van der Waals surface area contributed by atoms with Gasteiger partial charge in [-0.3, -0.25) is 0 Å². The van der Waals surface area contributed by atoms with E-state index < -0.39 is 0 Å². The fraction of sp³-hybridized carbons (Fsp3) is 0.625. The van der Waals surface area contributed by atoms with Gasteiger partial charge in [-0.05, 0) is 50.5 Å². The topological polar surface area (TPSA) is 68.5 Å². The van der Waals surface area contributed by atoms with Crippen molar-refractivity contribution in [2.75, 3.05) is 30.3 Å². The second kappa shape index (κ2) is 5.92. The molecule has 1 aromatic heterocycles. The summed E-state index contributed by atoms with van der Waals surface area (Å²) < 4.78 is 5.15. The molecule has 3 rings (SSSR count). The van der Waals surface area contributed by atoms with Crippen molar-refractivity contribution in [3.8, 4) is 0 Å². The number of ether oxygens (including phenoxy) is 1. The van der Waals surface area contributed by atoms with Gasteiger partial charge in [-0.25, -0.2) is 9.78 Å². The van der Waals surface area contributed by atoms with E-state index in [1.807, 2.05) is 6.92 Å². The number of nitrogens with two attached hydrogens (primary N) is 1. The number of hydrogen-bond acceptors (Lipinski definition) is 5. The van der Waals surface area contributed by atoms with Crippen molar-refractivity contribution in [2.45, 2.75) is 32.6 Å². The molecule has 0 aromatic carbocycles. The lowest BCUT2D eigenvalue weighted by atomic mass is 10.2. The van der Waals surface area contributed by atoms with Crippen LogP contribution >= 0.6 is 0 Å². The molecule has 2 aliphatic carbocycles. The van der Waals surface area contributed by atoms with E-state index in [9.17, 15) is 4.79 Å². The Kier molecular flexibility index (Phi) is 3.99. The molecule has 2 N–H and O–H groups in total. The van der Waals surface area contributed by atoms with Gasteiger partial charge in [0.15, 0.2) is 0 Å². The van der Waals surface area contributed by atoms with Crippen LogP contribution in [0.2, 0.25) is 0 Å². The van der Waals surface area contributed by atoms with Crippen molar-refractivity contribution in [2.24, 2.45) is 11.8 Å². The zero-order valence-corrected chi connectivity index (χ0v) is 12.5. The molecular formula is C16H23N3O2. The fourth-order valence-corrected chi connectivity index (χ4v) is 2.56. The molecule has 114 valence electrons. The molecule has 0 aliphatic heterocycles. The number of pyridine rings is 1. The van der Waals surface area contributed by atoms with E-state index in [1.54, 1.807) is 12.3 Å². The number of nitrogen functional groups attached to an aromatic ring is 1. The summed E-state index contributed by atoms with van der Waals surface area (Å²) >= 11 is 0. The zero-order chi connectivity index (χ0) is 14.8. The third-order valence-electron chi connectivity index (χ3n) is 4.03. The Labute approximate surface area is 125 Å². The quantitative estimate of drug-likeness (QED) is 0.781. The van der Waals surface area contributed by atoms with Gasteiger partial charge in [0.25, 0.3) is 0 Å². The maximum absolute atomic E-state index is 12.2. The summed E-state index contributed by atoms with van der Waals surface area (Å²) in [6, 6.07) is 1.69. The van der Waals surface area contributed by atoms with Gasteiger partial charge in [0.2, 0.25) is 0 Å². The van der Waals surface area contributed by atoms with E-state index >= 15 is 0 Å². The Morgan fingerprint density at radius 2 is 1.95 bits per heavy atom. The van der Waals surface area contributed by atoms with E-state index in [1.165, 1.54) is 25.7 Å². The first kappa shape index (κ1) is 14.2. The summed E-state index contributed by atoms with van der Waals surface area (Å²) in [6.07, 6.45) is 6.76. The van der Waals surface area contributed by atoms with Crippen LogP contribution in [0.15, 0.2) is 12.3 Å². The Morgan fingerprint density at radius 3 is 2.48 bits per heavy atom. The van der Waals surface area contributed by atoms with Gasteiger partial charge in [0.05, 0.1) is 18.5 Å². The SMILES string of the molecule is CCOC(=O)c1cc(N)cnc1N(CC1CC1)CC1CC1. The standard InChI is InChI=1S/C16H23N3O2/c1-2-21-16(20)14-7-13(17)8-18-15(14)19(9-11-3-4-11)10-12-5-6-12/h7-8,11-12H,2-6,9-10,17H2,1H3. The monoisotopic (exact) mass is 289 g/mol. The zero-order valence-electron chi connectivity index (χ0n) is 12.5. The van der Waals surface area contributed by atoms with Gasteiger partial charge in [-0.2, -0.15) is 0 Å². The van der Waals surface area contributed by atoms with Crippen LogP contribution in [0.4, 0.5) is 11.5 Å². The Morgan fingerprint density at radius 1 is 1.33 bits per heavy atom. The first-order valence-electron chi connectivity index (χ1n) is 7.85. The molecule has 5 nitrogen and oxygen atoms in total. The Hall–Kier alpha value is -1.78. The van der Waals surface area contributed by atoms with Crippen molar-refractivity contribution >= 4 is 17.5 Å². The minimum Gasteiger partial charge on any atom is -0.462 e. The third kappa shape index (κ3) is 3.65. The van der Waals surface area contributed by atoms with Crippen LogP contribution in [0.3, 0.4) is 0 Å². The van der Waals surface area contributed by atoms with E-state index in [2.05, 4.69) is 9.88 Å². The predicted octanol–water partition coefficient (Wildman–Crippen LogP) is 2.47. The fourth-order valence-electron chi connectivity index (χ4n) is 2.56. The molecule has 2 aliphatic rings. The molecule has 0 amide bonds. The van der Waals surface area contributed by atoms with Gasteiger partial charge < -0.3 is 15.4 Å². The number of carbonyl (C=O) groups is 1. The van der Waals surface area contributed by atoms with Gasteiger partial charge in [-0.1, -0.05) is 0 Å². The lowest BCUT2D eigenvalue weighted by molar-refractivity contribution is 0.0526. The minimum atomic E-state index is -0.330. The highest BCUT2D eigenvalue weighted by Gasteiger charge is 2.31. The van der Waals surface area contributed by atoms with Crippen molar-refractivity contribution in [1.82, 2.24) is 4.98 Å². The first-order valence-corrected chi connectivity index (χ1v) is 7.85. The van der Waals surface area contributed by atoms with Crippen LogP contribution in [0, 0.1) is 11.8 Å². The number of carbonyl (C=O) groups excluding carboxylic acids is 1. The first-order chi connectivity index (χ1) is 10.2. The number of anilines is 2. The second-order valence-corrected chi connectivity index (χ2v) is 6.15. The smallest absolute Gasteiger partial charge is 0.341 e. The number of nitrogens with zero attached hydrogens (tertiary/aromatic N) is 2. The average Bonchev–Trinajstić information content (AvgIpc) is 3.34. The molecule has 0 atom stereocenters. The number of hydrogen-bond donors (Lipinski definition) is 1. The van der Waals surface area contributed by atoms with Crippen LogP contribution in [0.5, 0.6) is 0 Å². The molecule has 1 aromatic rings. The van der Waals surface area contributed by atoms with Crippen molar-refractivity contribution in [1.29, 1.82) is 0 Å². The molecule has 1 heterocycles.